The second kappa shape index (κ2) is 7.54. The SMILES string of the molecule is Cc1ccc(C(CNC(=O)c2ccc3nc(C)oc3c2)N2CCOCC2)o1. The predicted octanol–water partition coefficient (Wildman–Crippen LogP) is 2.84. The third kappa shape index (κ3) is 3.89. The molecule has 1 N–H and O–H groups in total. The van der Waals surface area contributed by atoms with Gasteiger partial charge in [-0.3, -0.25) is 9.69 Å². The second-order valence-electron chi connectivity index (χ2n) is 6.74. The molecule has 3 aromatic rings. The minimum Gasteiger partial charge on any atom is -0.465 e. The van der Waals surface area contributed by atoms with Crippen LogP contribution in [0, 0.1) is 13.8 Å². The number of rotatable bonds is 5. The number of carbonyl (C=O) groups is 1. The highest BCUT2D eigenvalue weighted by atomic mass is 16.5. The molecule has 7 nitrogen and oxygen atoms in total. The van der Waals surface area contributed by atoms with Crippen LogP contribution in [-0.4, -0.2) is 48.6 Å². The number of nitrogens with one attached hydrogen (secondary N) is 1. The maximum Gasteiger partial charge on any atom is 0.251 e. The lowest BCUT2D eigenvalue weighted by molar-refractivity contribution is 0.0117. The van der Waals surface area contributed by atoms with Crippen LogP contribution in [0.3, 0.4) is 0 Å². The van der Waals surface area contributed by atoms with Crippen LogP contribution < -0.4 is 5.32 Å². The average molecular weight is 369 g/mol. The van der Waals surface area contributed by atoms with E-state index in [0.29, 0.717) is 36.8 Å². The minimum atomic E-state index is -0.146. The molecule has 0 bridgehead atoms. The lowest BCUT2D eigenvalue weighted by Crippen LogP contribution is -2.43. The molecule has 27 heavy (non-hydrogen) atoms. The molecule has 1 aromatic carbocycles. The standard InChI is InChI=1S/C20H23N3O4/c1-13-3-6-18(26-13)17(23-7-9-25-10-8-23)12-21-20(24)15-4-5-16-19(11-15)27-14(2)22-16/h3-6,11,17H,7-10,12H2,1-2H3,(H,21,24). The maximum atomic E-state index is 12.7. The van der Waals surface area contributed by atoms with Gasteiger partial charge in [-0.2, -0.15) is 0 Å². The van der Waals surface area contributed by atoms with E-state index in [2.05, 4.69) is 15.2 Å². The van der Waals surface area contributed by atoms with E-state index in [4.69, 9.17) is 13.6 Å². The van der Waals surface area contributed by atoms with E-state index in [1.165, 1.54) is 0 Å². The Hall–Kier alpha value is -2.64. The van der Waals surface area contributed by atoms with Crippen LogP contribution in [-0.2, 0) is 4.74 Å². The van der Waals surface area contributed by atoms with Crippen molar-refractivity contribution in [1.29, 1.82) is 0 Å². The quantitative estimate of drug-likeness (QED) is 0.745. The number of hydrogen-bond donors (Lipinski definition) is 1. The van der Waals surface area contributed by atoms with E-state index in [9.17, 15) is 4.79 Å². The van der Waals surface area contributed by atoms with Gasteiger partial charge in [0, 0.05) is 32.1 Å². The van der Waals surface area contributed by atoms with Gasteiger partial charge in [-0.05, 0) is 37.3 Å². The third-order valence-corrected chi connectivity index (χ3v) is 4.79. The first-order valence-electron chi connectivity index (χ1n) is 9.14. The first-order chi connectivity index (χ1) is 13.1. The summed E-state index contributed by atoms with van der Waals surface area (Å²) in [5.41, 5.74) is 1.92. The number of aryl methyl sites for hydroxylation is 2. The Balaban J connectivity index is 1.49. The largest absolute Gasteiger partial charge is 0.465 e. The van der Waals surface area contributed by atoms with Crippen LogP contribution in [0.4, 0.5) is 0 Å². The van der Waals surface area contributed by atoms with Gasteiger partial charge in [0.2, 0.25) is 0 Å². The molecule has 1 atom stereocenters. The molecule has 2 aromatic heterocycles. The monoisotopic (exact) mass is 369 g/mol. The lowest BCUT2D eigenvalue weighted by atomic mass is 10.1. The number of oxazole rings is 1. The molecule has 4 rings (SSSR count). The number of amides is 1. The molecule has 1 saturated heterocycles. The van der Waals surface area contributed by atoms with Gasteiger partial charge < -0.3 is 18.9 Å². The fraction of sp³-hybridized carbons (Fsp3) is 0.400. The van der Waals surface area contributed by atoms with Crippen LogP contribution in [0.1, 0.15) is 33.8 Å². The summed E-state index contributed by atoms with van der Waals surface area (Å²) in [7, 11) is 0. The molecule has 7 heteroatoms. The Bertz CT molecular complexity index is 940. The normalized spacial score (nSPS) is 16.5. The van der Waals surface area contributed by atoms with Crippen LogP contribution in [0.25, 0.3) is 11.1 Å². The molecule has 3 heterocycles. The molecule has 0 spiro atoms. The Morgan fingerprint density at radius 2 is 2.00 bits per heavy atom. The summed E-state index contributed by atoms with van der Waals surface area (Å²) >= 11 is 0. The van der Waals surface area contributed by atoms with Crippen molar-refractivity contribution in [2.24, 2.45) is 0 Å². The Labute approximate surface area is 157 Å². The van der Waals surface area contributed by atoms with Gasteiger partial charge in [-0.15, -0.1) is 0 Å². The number of furan rings is 1. The van der Waals surface area contributed by atoms with Gasteiger partial charge in [0.15, 0.2) is 11.5 Å². The summed E-state index contributed by atoms with van der Waals surface area (Å²) in [6.45, 7) is 7.16. The number of aromatic nitrogens is 1. The van der Waals surface area contributed by atoms with E-state index < -0.39 is 0 Å². The number of fused-ring (bicyclic) bond motifs is 1. The van der Waals surface area contributed by atoms with Crippen LogP contribution >= 0.6 is 0 Å². The summed E-state index contributed by atoms with van der Waals surface area (Å²) in [6.07, 6.45) is 0. The van der Waals surface area contributed by atoms with Crippen LogP contribution in [0.2, 0.25) is 0 Å². The van der Waals surface area contributed by atoms with Gasteiger partial charge in [-0.1, -0.05) is 0 Å². The fourth-order valence-electron chi connectivity index (χ4n) is 3.40. The number of benzene rings is 1. The van der Waals surface area contributed by atoms with Crippen molar-refractivity contribution in [2.75, 3.05) is 32.8 Å². The zero-order valence-electron chi connectivity index (χ0n) is 15.5. The van der Waals surface area contributed by atoms with Crippen LogP contribution in [0.5, 0.6) is 0 Å². The Morgan fingerprint density at radius 1 is 1.19 bits per heavy atom. The Kier molecular flexibility index (Phi) is 4.96. The number of carbonyl (C=O) groups excluding carboxylic acids is 1. The zero-order valence-corrected chi connectivity index (χ0v) is 15.5. The highest BCUT2D eigenvalue weighted by Gasteiger charge is 2.26. The van der Waals surface area contributed by atoms with Gasteiger partial charge in [0.25, 0.3) is 5.91 Å². The van der Waals surface area contributed by atoms with Crippen molar-refractivity contribution in [2.45, 2.75) is 19.9 Å². The molecule has 1 fully saturated rings. The minimum absolute atomic E-state index is 0.0252. The van der Waals surface area contributed by atoms with Gasteiger partial charge in [0.1, 0.15) is 17.0 Å². The summed E-state index contributed by atoms with van der Waals surface area (Å²) in [4.78, 5) is 19.2. The van der Waals surface area contributed by atoms with Crippen molar-refractivity contribution in [3.63, 3.8) is 0 Å². The van der Waals surface area contributed by atoms with E-state index in [-0.39, 0.29) is 11.9 Å². The average Bonchev–Trinajstić information content (AvgIpc) is 3.26. The maximum absolute atomic E-state index is 12.7. The van der Waals surface area contributed by atoms with Crippen molar-refractivity contribution < 1.29 is 18.4 Å². The topological polar surface area (TPSA) is 80.7 Å². The smallest absolute Gasteiger partial charge is 0.251 e. The van der Waals surface area contributed by atoms with Crippen molar-refractivity contribution in [3.05, 3.63) is 53.3 Å². The zero-order chi connectivity index (χ0) is 18.8. The third-order valence-electron chi connectivity index (χ3n) is 4.79. The first-order valence-corrected chi connectivity index (χ1v) is 9.14. The second-order valence-corrected chi connectivity index (χ2v) is 6.74. The number of hydrogen-bond acceptors (Lipinski definition) is 6. The predicted molar refractivity (Wildman–Crippen MR) is 99.7 cm³/mol. The van der Waals surface area contributed by atoms with E-state index >= 15 is 0 Å². The number of ether oxygens (including phenoxy) is 1. The molecule has 0 aliphatic carbocycles. The van der Waals surface area contributed by atoms with Crippen LogP contribution in [0.15, 0.2) is 39.2 Å². The molecule has 1 aliphatic rings. The molecule has 1 amide bonds. The molecular formula is C20H23N3O4. The fourth-order valence-corrected chi connectivity index (χ4v) is 3.40. The molecule has 1 aliphatic heterocycles. The molecule has 1 unspecified atom stereocenters. The van der Waals surface area contributed by atoms with Gasteiger partial charge in [0.05, 0.1) is 19.3 Å². The van der Waals surface area contributed by atoms with Crippen molar-refractivity contribution in [3.8, 4) is 0 Å². The highest BCUT2D eigenvalue weighted by molar-refractivity contribution is 5.97. The van der Waals surface area contributed by atoms with E-state index in [0.717, 1.165) is 30.1 Å². The van der Waals surface area contributed by atoms with Gasteiger partial charge in [-0.25, -0.2) is 4.98 Å². The summed E-state index contributed by atoms with van der Waals surface area (Å²) in [5, 5.41) is 3.03. The summed E-state index contributed by atoms with van der Waals surface area (Å²) < 4.78 is 16.8. The van der Waals surface area contributed by atoms with E-state index in [1.54, 1.807) is 25.1 Å². The Morgan fingerprint density at radius 3 is 2.74 bits per heavy atom. The van der Waals surface area contributed by atoms with Crippen molar-refractivity contribution in [1.82, 2.24) is 15.2 Å². The molecule has 142 valence electrons. The molecule has 0 saturated carbocycles. The highest BCUT2D eigenvalue weighted by Crippen LogP contribution is 2.24. The number of nitrogens with zero attached hydrogens (tertiary/aromatic N) is 2. The number of morpholine rings is 1. The molecular weight excluding hydrogens is 346 g/mol. The summed E-state index contributed by atoms with van der Waals surface area (Å²) in [6, 6.07) is 9.19. The van der Waals surface area contributed by atoms with Gasteiger partial charge >= 0.3 is 0 Å². The van der Waals surface area contributed by atoms with E-state index in [1.807, 2.05) is 19.1 Å². The van der Waals surface area contributed by atoms with Crippen molar-refractivity contribution >= 4 is 17.0 Å². The summed E-state index contributed by atoms with van der Waals surface area (Å²) in [5.74, 6) is 2.16. The lowest BCUT2D eigenvalue weighted by Gasteiger charge is -2.33. The molecule has 0 radical (unpaired) electrons. The first kappa shape index (κ1) is 17.8.